The molecule has 1 N–H and O–H groups in total. The van der Waals surface area contributed by atoms with Crippen LogP contribution in [0.25, 0.3) is 0 Å². The first-order chi connectivity index (χ1) is 9.68. The lowest BCUT2D eigenvalue weighted by molar-refractivity contribution is 0.596. The average Bonchev–Trinajstić information content (AvgIpc) is 2.38. The first kappa shape index (κ1) is 16.0. The maximum atomic E-state index is 12.5. The predicted octanol–water partition coefficient (Wildman–Crippen LogP) is 4.49. The molecule has 0 unspecified atom stereocenters. The molecule has 0 saturated heterocycles. The molecule has 0 fully saturated rings. The summed E-state index contributed by atoms with van der Waals surface area (Å²) in [6, 6.07) is 13.5. The van der Waals surface area contributed by atoms with Gasteiger partial charge in [-0.3, -0.25) is 0 Å². The quantitative estimate of drug-likeness (QED) is 0.868. The molecule has 3 nitrogen and oxygen atoms in total. The zero-order valence-corrected chi connectivity index (χ0v) is 14.6. The van der Waals surface area contributed by atoms with E-state index in [1.807, 2.05) is 0 Å². The van der Waals surface area contributed by atoms with Gasteiger partial charge in [0.2, 0.25) is 9.84 Å². The molecule has 2 aromatic rings. The van der Waals surface area contributed by atoms with Crippen LogP contribution in [0, 0.1) is 0 Å². The highest BCUT2D eigenvalue weighted by Gasteiger charge is 2.17. The number of benzene rings is 2. The fourth-order valence-corrected chi connectivity index (χ4v) is 3.43. The largest absolute Gasteiger partial charge is 0.380 e. The second-order valence-electron chi connectivity index (χ2n) is 5.86. The Morgan fingerprint density at radius 3 is 1.71 bits per heavy atom. The van der Waals surface area contributed by atoms with Gasteiger partial charge in [-0.05, 0) is 69.3 Å². The Morgan fingerprint density at radius 2 is 1.29 bits per heavy atom. The fourth-order valence-electron chi connectivity index (χ4n) is 1.90. The van der Waals surface area contributed by atoms with Crippen molar-refractivity contribution in [2.75, 3.05) is 5.32 Å². The van der Waals surface area contributed by atoms with Crippen molar-refractivity contribution in [1.29, 1.82) is 0 Å². The predicted molar refractivity (Wildman–Crippen MR) is 89.4 cm³/mol. The van der Waals surface area contributed by atoms with Crippen molar-refractivity contribution in [3.63, 3.8) is 0 Å². The van der Waals surface area contributed by atoms with Crippen molar-refractivity contribution in [2.45, 2.75) is 36.1 Å². The van der Waals surface area contributed by atoms with E-state index in [0.29, 0.717) is 9.79 Å². The molecule has 0 aliphatic rings. The first-order valence-corrected chi connectivity index (χ1v) is 8.85. The molecule has 0 atom stereocenters. The number of sulfone groups is 1. The van der Waals surface area contributed by atoms with Gasteiger partial charge in [-0.1, -0.05) is 15.9 Å². The zero-order chi connectivity index (χ0) is 15.7. The van der Waals surface area contributed by atoms with Crippen LogP contribution in [-0.4, -0.2) is 14.0 Å². The third-order valence-corrected chi connectivity index (χ3v) is 5.12. The van der Waals surface area contributed by atoms with E-state index in [1.54, 1.807) is 48.5 Å². The molecule has 2 aromatic carbocycles. The van der Waals surface area contributed by atoms with Crippen molar-refractivity contribution < 1.29 is 8.42 Å². The number of rotatable bonds is 3. The van der Waals surface area contributed by atoms with Crippen LogP contribution >= 0.6 is 15.9 Å². The lowest BCUT2D eigenvalue weighted by atomic mass is 10.1. The van der Waals surface area contributed by atoms with Gasteiger partial charge in [0.05, 0.1) is 9.79 Å². The summed E-state index contributed by atoms with van der Waals surface area (Å²) in [6.45, 7) is 6.17. The number of hydrogen-bond donors (Lipinski definition) is 1. The molecule has 2 rings (SSSR count). The highest BCUT2D eigenvalue weighted by atomic mass is 79.9. The summed E-state index contributed by atoms with van der Waals surface area (Å²) in [5.41, 5.74) is 0.837. The minimum atomic E-state index is -3.46. The summed E-state index contributed by atoms with van der Waals surface area (Å²) < 4.78 is 25.9. The van der Waals surface area contributed by atoms with E-state index < -0.39 is 9.84 Å². The summed E-state index contributed by atoms with van der Waals surface area (Å²) in [5, 5.41) is 3.31. The zero-order valence-electron chi connectivity index (χ0n) is 12.2. The topological polar surface area (TPSA) is 46.2 Å². The lowest BCUT2D eigenvalue weighted by Gasteiger charge is -2.22. The van der Waals surface area contributed by atoms with Gasteiger partial charge in [0, 0.05) is 15.7 Å². The molecule has 0 saturated carbocycles. The van der Waals surface area contributed by atoms with Crippen LogP contribution in [0.1, 0.15) is 20.8 Å². The van der Waals surface area contributed by atoms with Gasteiger partial charge >= 0.3 is 0 Å². The Bertz CT molecular complexity index is 714. The SMILES string of the molecule is CC(C)(C)Nc1ccc(S(=O)(=O)c2ccc(Br)cc2)cc1. The monoisotopic (exact) mass is 367 g/mol. The highest BCUT2D eigenvalue weighted by molar-refractivity contribution is 9.10. The smallest absolute Gasteiger partial charge is 0.206 e. The molecule has 0 aromatic heterocycles. The van der Waals surface area contributed by atoms with Crippen molar-refractivity contribution in [3.05, 3.63) is 53.0 Å². The van der Waals surface area contributed by atoms with Gasteiger partial charge in [-0.25, -0.2) is 8.42 Å². The molecule has 0 amide bonds. The minimum Gasteiger partial charge on any atom is -0.380 e. The molecule has 0 spiro atoms. The Balaban J connectivity index is 2.31. The number of halogens is 1. The van der Waals surface area contributed by atoms with Crippen molar-refractivity contribution in [1.82, 2.24) is 0 Å². The molecular weight excluding hydrogens is 350 g/mol. The van der Waals surface area contributed by atoms with E-state index in [-0.39, 0.29) is 5.54 Å². The average molecular weight is 368 g/mol. The summed E-state index contributed by atoms with van der Waals surface area (Å²) in [7, 11) is -3.46. The van der Waals surface area contributed by atoms with Crippen LogP contribution in [-0.2, 0) is 9.84 Å². The maximum absolute atomic E-state index is 12.5. The van der Waals surface area contributed by atoms with Crippen LogP contribution in [0.5, 0.6) is 0 Å². The Morgan fingerprint density at radius 1 is 0.857 bits per heavy atom. The summed E-state index contributed by atoms with van der Waals surface area (Å²) >= 11 is 3.30. The van der Waals surface area contributed by atoms with E-state index in [1.165, 1.54) is 0 Å². The molecular formula is C16H18BrNO2S. The van der Waals surface area contributed by atoms with Gasteiger partial charge < -0.3 is 5.32 Å². The third kappa shape index (κ3) is 4.08. The molecule has 0 aliphatic heterocycles. The van der Waals surface area contributed by atoms with Crippen molar-refractivity contribution >= 4 is 31.5 Å². The molecule has 5 heteroatoms. The summed E-state index contributed by atoms with van der Waals surface area (Å²) in [6.07, 6.45) is 0. The van der Waals surface area contributed by atoms with Gasteiger partial charge in [0.15, 0.2) is 0 Å². The van der Waals surface area contributed by atoms with Crippen LogP contribution < -0.4 is 5.32 Å². The Kier molecular flexibility index (Phi) is 4.44. The second-order valence-corrected chi connectivity index (χ2v) is 8.72. The molecule has 0 heterocycles. The van der Waals surface area contributed by atoms with E-state index >= 15 is 0 Å². The van der Waals surface area contributed by atoms with Gasteiger partial charge in [-0.2, -0.15) is 0 Å². The Labute approximate surface area is 134 Å². The number of anilines is 1. The summed E-state index contributed by atoms with van der Waals surface area (Å²) in [4.78, 5) is 0.589. The molecule has 112 valence electrons. The van der Waals surface area contributed by atoms with E-state index in [0.717, 1.165) is 10.2 Å². The maximum Gasteiger partial charge on any atom is 0.206 e. The molecule has 0 aliphatic carbocycles. The number of hydrogen-bond acceptors (Lipinski definition) is 3. The van der Waals surface area contributed by atoms with E-state index in [4.69, 9.17) is 0 Å². The van der Waals surface area contributed by atoms with Crippen molar-refractivity contribution in [2.24, 2.45) is 0 Å². The standard InChI is InChI=1S/C16H18BrNO2S/c1-16(2,3)18-13-6-10-15(11-7-13)21(19,20)14-8-4-12(17)5-9-14/h4-11,18H,1-3H3. The Hall–Kier alpha value is -1.33. The van der Waals surface area contributed by atoms with Crippen molar-refractivity contribution in [3.8, 4) is 0 Å². The van der Waals surface area contributed by atoms with Crippen LogP contribution in [0.3, 0.4) is 0 Å². The third-order valence-electron chi connectivity index (χ3n) is 2.81. The van der Waals surface area contributed by atoms with E-state index in [9.17, 15) is 8.42 Å². The second kappa shape index (κ2) is 5.81. The molecule has 21 heavy (non-hydrogen) atoms. The van der Waals surface area contributed by atoms with Gasteiger partial charge in [-0.15, -0.1) is 0 Å². The van der Waals surface area contributed by atoms with Crippen LogP contribution in [0.4, 0.5) is 5.69 Å². The van der Waals surface area contributed by atoms with Gasteiger partial charge in [0.25, 0.3) is 0 Å². The fraction of sp³-hybridized carbons (Fsp3) is 0.250. The summed E-state index contributed by atoms with van der Waals surface area (Å²) in [5.74, 6) is 0. The van der Waals surface area contributed by atoms with Crippen LogP contribution in [0.2, 0.25) is 0 Å². The highest BCUT2D eigenvalue weighted by Crippen LogP contribution is 2.24. The van der Waals surface area contributed by atoms with Gasteiger partial charge in [0.1, 0.15) is 0 Å². The molecule has 0 radical (unpaired) electrons. The molecule has 0 bridgehead atoms. The minimum absolute atomic E-state index is 0.0634. The van der Waals surface area contributed by atoms with Crippen LogP contribution in [0.15, 0.2) is 62.8 Å². The lowest BCUT2D eigenvalue weighted by Crippen LogP contribution is -2.25. The van der Waals surface area contributed by atoms with E-state index in [2.05, 4.69) is 42.0 Å². The normalized spacial score (nSPS) is 12.2. The number of nitrogens with one attached hydrogen (secondary N) is 1. The first-order valence-electron chi connectivity index (χ1n) is 6.57.